The highest BCUT2D eigenvalue weighted by Crippen LogP contribution is 2.39. The molecule has 0 fully saturated rings. The Labute approximate surface area is 180 Å². The standard InChI is InChI=1S/C23H24O8/c1-27-20-11-15(7-10-19(20)26)5-8-17(24)14-18(25)9-6-16-12-21(28-2)23(31-30-4)22(13-16)29-3/h5-13,26H,14H2,1-4H3/b8-5+,9-6+. The zero-order valence-corrected chi connectivity index (χ0v) is 17.7. The number of rotatable bonds is 11. The number of carbonyl (C=O) groups is 2. The topological polar surface area (TPSA) is 101 Å². The molecule has 0 spiro atoms. The predicted molar refractivity (Wildman–Crippen MR) is 115 cm³/mol. The van der Waals surface area contributed by atoms with Gasteiger partial charge in [-0.05, 0) is 47.5 Å². The highest BCUT2D eigenvalue weighted by molar-refractivity contribution is 6.10. The van der Waals surface area contributed by atoms with Gasteiger partial charge in [0, 0.05) is 0 Å². The minimum Gasteiger partial charge on any atom is -0.504 e. The lowest BCUT2D eigenvalue weighted by molar-refractivity contribution is -0.180. The lowest BCUT2D eigenvalue weighted by atomic mass is 10.1. The molecule has 0 atom stereocenters. The van der Waals surface area contributed by atoms with Crippen molar-refractivity contribution in [3.63, 3.8) is 0 Å². The number of carbonyl (C=O) groups excluding carboxylic acids is 2. The Kier molecular flexibility index (Phi) is 8.65. The fraction of sp³-hybridized carbons (Fsp3) is 0.217. The summed E-state index contributed by atoms with van der Waals surface area (Å²) in [6.45, 7) is 0. The maximum atomic E-state index is 12.2. The van der Waals surface area contributed by atoms with Crippen LogP contribution in [0.1, 0.15) is 17.5 Å². The van der Waals surface area contributed by atoms with Crippen molar-refractivity contribution in [1.82, 2.24) is 0 Å². The van der Waals surface area contributed by atoms with Gasteiger partial charge in [0.25, 0.3) is 0 Å². The Morgan fingerprint density at radius 3 is 1.84 bits per heavy atom. The summed E-state index contributed by atoms with van der Waals surface area (Å²) in [4.78, 5) is 34.0. The highest BCUT2D eigenvalue weighted by atomic mass is 17.2. The molecule has 1 N–H and O–H groups in total. The molecule has 0 saturated carbocycles. The summed E-state index contributed by atoms with van der Waals surface area (Å²) in [6.07, 6.45) is 5.42. The van der Waals surface area contributed by atoms with Crippen molar-refractivity contribution in [1.29, 1.82) is 0 Å². The van der Waals surface area contributed by atoms with Gasteiger partial charge in [-0.2, -0.15) is 4.89 Å². The van der Waals surface area contributed by atoms with Gasteiger partial charge in [-0.3, -0.25) is 9.59 Å². The van der Waals surface area contributed by atoms with Gasteiger partial charge >= 0.3 is 0 Å². The minimum atomic E-state index is -0.368. The second-order valence-corrected chi connectivity index (χ2v) is 6.21. The predicted octanol–water partition coefficient (Wildman–Crippen LogP) is 3.61. The minimum absolute atomic E-state index is 0.00127. The van der Waals surface area contributed by atoms with Gasteiger partial charge in [0.05, 0.1) is 34.9 Å². The Morgan fingerprint density at radius 2 is 1.32 bits per heavy atom. The van der Waals surface area contributed by atoms with E-state index in [2.05, 4.69) is 4.89 Å². The van der Waals surface area contributed by atoms with Crippen molar-refractivity contribution < 1.29 is 38.7 Å². The molecule has 2 aromatic rings. The summed E-state index contributed by atoms with van der Waals surface area (Å²) in [6, 6.07) is 7.95. The van der Waals surface area contributed by atoms with Gasteiger partial charge in [-0.1, -0.05) is 18.2 Å². The molecule has 0 heterocycles. The second kappa shape index (κ2) is 11.4. The van der Waals surface area contributed by atoms with Crippen molar-refractivity contribution >= 4 is 23.7 Å². The van der Waals surface area contributed by atoms with Gasteiger partial charge in [-0.15, -0.1) is 0 Å². The third-order valence-electron chi connectivity index (χ3n) is 4.13. The summed E-state index contributed by atoms with van der Waals surface area (Å²) in [5.41, 5.74) is 1.27. The molecule has 0 aliphatic carbocycles. The smallest absolute Gasteiger partial charge is 0.248 e. The number of aromatic hydroxyl groups is 1. The van der Waals surface area contributed by atoms with Crippen molar-refractivity contribution in [2.75, 3.05) is 28.4 Å². The maximum Gasteiger partial charge on any atom is 0.248 e. The molecule has 31 heavy (non-hydrogen) atoms. The number of hydrogen-bond donors (Lipinski definition) is 1. The van der Waals surface area contributed by atoms with Crippen LogP contribution in [-0.2, 0) is 14.5 Å². The van der Waals surface area contributed by atoms with E-state index in [1.54, 1.807) is 36.4 Å². The van der Waals surface area contributed by atoms with E-state index in [1.165, 1.54) is 46.7 Å². The molecule has 8 heteroatoms. The first-order valence-electron chi connectivity index (χ1n) is 9.17. The first kappa shape index (κ1) is 23.5. The van der Waals surface area contributed by atoms with Crippen LogP contribution in [0.5, 0.6) is 28.7 Å². The maximum absolute atomic E-state index is 12.2. The van der Waals surface area contributed by atoms with Gasteiger partial charge in [0.15, 0.2) is 34.6 Å². The van der Waals surface area contributed by atoms with Gasteiger partial charge in [0.2, 0.25) is 5.75 Å². The zero-order chi connectivity index (χ0) is 22.8. The summed E-state index contributed by atoms with van der Waals surface area (Å²) in [5.74, 6) is 0.548. The van der Waals surface area contributed by atoms with Gasteiger partial charge in [-0.25, -0.2) is 0 Å². The molecule has 0 aliphatic heterocycles. The summed E-state index contributed by atoms with van der Waals surface area (Å²) in [7, 11) is 5.71. The lowest BCUT2D eigenvalue weighted by Crippen LogP contribution is -2.02. The number of ether oxygens (including phenoxy) is 3. The zero-order valence-electron chi connectivity index (χ0n) is 17.7. The van der Waals surface area contributed by atoms with Crippen LogP contribution in [0, 0.1) is 0 Å². The molecule has 0 aromatic heterocycles. The molecule has 0 saturated heterocycles. The fourth-order valence-corrected chi connectivity index (χ4v) is 2.63. The van der Waals surface area contributed by atoms with E-state index < -0.39 is 0 Å². The van der Waals surface area contributed by atoms with Crippen LogP contribution in [0.4, 0.5) is 0 Å². The molecule has 2 aromatic carbocycles. The molecular weight excluding hydrogens is 404 g/mol. The third-order valence-corrected chi connectivity index (χ3v) is 4.13. The molecule has 0 radical (unpaired) electrons. The molecule has 164 valence electrons. The van der Waals surface area contributed by atoms with Crippen molar-refractivity contribution in [2.24, 2.45) is 0 Å². The second-order valence-electron chi connectivity index (χ2n) is 6.21. The van der Waals surface area contributed by atoms with E-state index in [9.17, 15) is 14.7 Å². The fourth-order valence-electron chi connectivity index (χ4n) is 2.63. The number of methoxy groups -OCH3 is 3. The SMILES string of the molecule is COOc1c(OC)cc(/C=C/C(=O)CC(=O)/C=C/c2ccc(O)c(OC)c2)cc1OC. The van der Waals surface area contributed by atoms with Crippen LogP contribution in [0.15, 0.2) is 42.5 Å². The number of phenols is 1. The van der Waals surface area contributed by atoms with Gasteiger partial charge < -0.3 is 24.2 Å². The van der Waals surface area contributed by atoms with E-state index >= 15 is 0 Å². The first-order chi connectivity index (χ1) is 14.9. The molecule has 8 nitrogen and oxygen atoms in total. The Bertz CT molecular complexity index is 966. The Morgan fingerprint density at radius 1 is 0.806 bits per heavy atom. The van der Waals surface area contributed by atoms with E-state index in [0.29, 0.717) is 28.4 Å². The average molecular weight is 428 g/mol. The summed E-state index contributed by atoms with van der Waals surface area (Å²) >= 11 is 0. The molecule has 2 rings (SSSR count). The summed E-state index contributed by atoms with van der Waals surface area (Å²) < 4.78 is 15.5. The third kappa shape index (κ3) is 6.61. The van der Waals surface area contributed by atoms with E-state index in [0.717, 1.165) is 0 Å². The number of phenolic OH excluding ortho intramolecular Hbond substituents is 1. The monoisotopic (exact) mass is 428 g/mol. The van der Waals surface area contributed by atoms with Crippen LogP contribution >= 0.6 is 0 Å². The molecule has 0 bridgehead atoms. The Hall–Kier alpha value is -3.78. The Balaban J connectivity index is 2.05. The van der Waals surface area contributed by atoms with Crippen LogP contribution in [0.25, 0.3) is 12.2 Å². The first-order valence-corrected chi connectivity index (χ1v) is 9.17. The molecular formula is C23H24O8. The van der Waals surface area contributed by atoms with E-state index in [-0.39, 0.29) is 29.5 Å². The molecule has 0 unspecified atom stereocenters. The van der Waals surface area contributed by atoms with Crippen LogP contribution < -0.4 is 19.1 Å². The van der Waals surface area contributed by atoms with Crippen LogP contribution in [0.3, 0.4) is 0 Å². The van der Waals surface area contributed by atoms with Crippen molar-refractivity contribution in [3.8, 4) is 28.7 Å². The normalized spacial score (nSPS) is 11.0. The number of benzene rings is 2. The van der Waals surface area contributed by atoms with Crippen LogP contribution in [-0.4, -0.2) is 45.1 Å². The highest BCUT2D eigenvalue weighted by Gasteiger charge is 2.14. The van der Waals surface area contributed by atoms with Gasteiger partial charge in [0.1, 0.15) is 0 Å². The lowest BCUT2D eigenvalue weighted by Gasteiger charge is -2.12. The van der Waals surface area contributed by atoms with Crippen molar-refractivity contribution in [2.45, 2.75) is 6.42 Å². The van der Waals surface area contributed by atoms with E-state index in [1.807, 2.05) is 0 Å². The van der Waals surface area contributed by atoms with Crippen molar-refractivity contribution in [3.05, 3.63) is 53.6 Å². The molecule has 0 aliphatic rings. The molecule has 0 amide bonds. The number of hydrogen-bond acceptors (Lipinski definition) is 8. The van der Waals surface area contributed by atoms with Crippen LogP contribution in [0.2, 0.25) is 0 Å². The van der Waals surface area contributed by atoms with E-state index in [4.69, 9.17) is 19.1 Å². The number of allylic oxidation sites excluding steroid dienone is 2. The summed E-state index contributed by atoms with van der Waals surface area (Å²) in [5, 5.41) is 9.59. The largest absolute Gasteiger partial charge is 0.504 e. The number of ketones is 2. The quantitative estimate of drug-likeness (QED) is 0.251. The average Bonchev–Trinajstić information content (AvgIpc) is 2.77.